The lowest BCUT2D eigenvalue weighted by Gasteiger charge is -2.39. The molecule has 4 heteroatoms. The third-order valence-electron chi connectivity index (χ3n) is 5.01. The molecular formula is C17H24ClFN2. The van der Waals surface area contributed by atoms with E-state index in [0.29, 0.717) is 16.5 Å². The normalized spacial score (nSPS) is 22.6. The number of nitrogens with zero attached hydrogens (tertiary/aromatic N) is 1. The minimum Gasteiger partial charge on any atom is -0.314 e. The van der Waals surface area contributed by atoms with Gasteiger partial charge in [-0.3, -0.25) is 4.90 Å². The standard InChI is InChI=1S/C17H24ClFN2/c1-12-6-7-14(18)15(16(12)19)17(13-4-2-3-5-13)21-10-8-20-9-11-21/h6-7,13,17,20H,2-5,8-11H2,1H3/t17-/m0/s1. The zero-order chi connectivity index (χ0) is 14.8. The lowest BCUT2D eigenvalue weighted by atomic mass is 9.88. The van der Waals surface area contributed by atoms with Crippen LogP contribution in [0.5, 0.6) is 0 Å². The average Bonchev–Trinajstić information content (AvgIpc) is 3.02. The summed E-state index contributed by atoms with van der Waals surface area (Å²) in [6.07, 6.45) is 4.91. The Kier molecular flexibility index (Phi) is 4.82. The van der Waals surface area contributed by atoms with E-state index < -0.39 is 0 Å². The lowest BCUT2D eigenvalue weighted by molar-refractivity contribution is 0.122. The number of hydrogen-bond donors (Lipinski definition) is 1. The first-order chi connectivity index (χ1) is 10.2. The van der Waals surface area contributed by atoms with Gasteiger partial charge in [0.15, 0.2) is 0 Å². The molecule has 3 rings (SSSR count). The third kappa shape index (κ3) is 3.10. The molecule has 0 bridgehead atoms. The smallest absolute Gasteiger partial charge is 0.132 e. The quantitative estimate of drug-likeness (QED) is 0.910. The summed E-state index contributed by atoms with van der Waals surface area (Å²) in [5.41, 5.74) is 1.44. The molecule has 1 saturated carbocycles. The van der Waals surface area contributed by atoms with Crippen molar-refractivity contribution in [2.45, 2.75) is 38.6 Å². The van der Waals surface area contributed by atoms with Crippen LogP contribution in [0.4, 0.5) is 4.39 Å². The van der Waals surface area contributed by atoms with Crippen molar-refractivity contribution in [1.29, 1.82) is 0 Å². The molecular weight excluding hydrogens is 287 g/mol. The highest BCUT2D eigenvalue weighted by atomic mass is 35.5. The van der Waals surface area contributed by atoms with Gasteiger partial charge in [-0.25, -0.2) is 4.39 Å². The first kappa shape index (κ1) is 15.3. The molecule has 1 atom stereocenters. The maximum Gasteiger partial charge on any atom is 0.132 e. The third-order valence-corrected chi connectivity index (χ3v) is 5.34. The number of hydrogen-bond acceptors (Lipinski definition) is 2. The molecule has 1 aliphatic carbocycles. The fourth-order valence-electron chi connectivity index (χ4n) is 3.90. The maximum absolute atomic E-state index is 14.8. The largest absolute Gasteiger partial charge is 0.314 e. The molecule has 0 radical (unpaired) electrons. The number of halogens is 2. The van der Waals surface area contributed by atoms with Crippen LogP contribution in [0, 0.1) is 18.7 Å². The number of piperazine rings is 1. The van der Waals surface area contributed by atoms with Gasteiger partial charge in [-0.2, -0.15) is 0 Å². The van der Waals surface area contributed by atoms with Crippen molar-refractivity contribution in [2.75, 3.05) is 26.2 Å². The monoisotopic (exact) mass is 310 g/mol. The minimum atomic E-state index is -0.0991. The van der Waals surface area contributed by atoms with Crippen LogP contribution in [-0.2, 0) is 0 Å². The second-order valence-corrected chi connectivity index (χ2v) is 6.77. The summed E-state index contributed by atoms with van der Waals surface area (Å²) in [7, 11) is 0. The Bertz CT molecular complexity index is 494. The van der Waals surface area contributed by atoms with E-state index in [4.69, 9.17) is 11.6 Å². The Labute approximate surface area is 131 Å². The van der Waals surface area contributed by atoms with Crippen molar-refractivity contribution in [1.82, 2.24) is 10.2 Å². The van der Waals surface area contributed by atoms with E-state index in [1.807, 2.05) is 13.0 Å². The fraction of sp³-hybridized carbons (Fsp3) is 0.647. The van der Waals surface area contributed by atoms with E-state index in [0.717, 1.165) is 31.7 Å². The van der Waals surface area contributed by atoms with Crippen molar-refractivity contribution in [2.24, 2.45) is 5.92 Å². The highest BCUT2D eigenvalue weighted by Crippen LogP contribution is 2.43. The van der Waals surface area contributed by atoms with Gasteiger partial charge in [0, 0.05) is 42.8 Å². The van der Waals surface area contributed by atoms with E-state index in [1.54, 1.807) is 6.07 Å². The van der Waals surface area contributed by atoms with Crippen LogP contribution < -0.4 is 5.32 Å². The lowest BCUT2D eigenvalue weighted by Crippen LogP contribution is -2.47. The molecule has 2 fully saturated rings. The molecule has 0 spiro atoms. The van der Waals surface area contributed by atoms with Gasteiger partial charge in [0.05, 0.1) is 0 Å². The molecule has 1 N–H and O–H groups in total. The topological polar surface area (TPSA) is 15.3 Å². The maximum atomic E-state index is 14.8. The van der Waals surface area contributed by atoms with Crippen LogP contribution in [-0.4, -0.2) is 31.1 Å². The van der Waals surface area contributed by atoms with E-state index in [1.165, 1.54) is 25.7 Å². The predicted octanol–water partition coefficient (Wildman–Crippen LogP) is 3.92. The molecule has 1 aliphatic heterocycles. The number of benzene rings is 1. The van der Waals surface area contributed by atoms with E-state index in [-0.39, 0.29) is 11.9 Å². The van der Waals surface area contributed by atoms with Gasteiger partial charge in [0.2, 0.25) is 0 Å². The molecule has 1 heterocycles. The van der Waals surface area contributed by atoms with Crippen LogP contribution in [0.15, 0.2) is 12.1 Å². The van der Waals surface area contributed by atoms with Crippen LogP contribution in [0.25, 0.3) is 0 Å². The van der Waals surface area contributed by atoms with E-state index >= 15 is 0 Å². The van der Waals surface area contributed by atoms with Crippen LogP contribution in [0.3, 0.4) is 0 Å². The van der Waals surface area contributed by atoms with Gasteiger partial charge in [-0.05, 0) is 37.3 Å². The zero-order valence-electron chi connectivity index (χ0n) is 12.7. The second-order valence-electron chi connectivity index (χ2n) is 6.37. The molecule has 1 aromatic carbocycles. The van der Waals surface area contributed by atoms with Crippen molar-refractivity contribution < 1.29 is 4.39 Å². The Balaban J connectivity index is 1.99. The van der Waals surface area contributed by atoms with Crippen LogP contribution >= 0.6 is 11.6 Å². The minimum absolute atomic E-state index is 0.0991. The highest BCUT2D eigenvalue weighted by Gasteiger charge is 2.35. The molecule has 21 heavy (non-hydrogen) atoms. The first-order valence-corrected chi connectivity index (χ1v) is 8.45. The van der Waals surface area contributed by atoms with Gasteiger partial charge < -0.3 is 5.32 Å². The van der Waals surface area contributed by atoms with Crippen molar-refractivity contribution >= 4 is 11.6 Å². The Morgan fingerprint density at radius 2 is 1.90 bits per heavy atom. The molecule has 1 saturated heterocycles. The summed E-state index contributed by atoms with van der Waals surface area (Å²) in [5, 5.41) is 3.98. The number of nitrogens with one attached hydrogen (secondary N) is 1. The summed E-state index contributed by atoms with van der Waals surface area (Å²) in [6.45, 7) is 5.75. The summed E-state index contributed by atoms with van der Waals surface area (Å²) in [4.78, 5) is 2.44. The van der Waals surface area contributed by atoms with Crippen LogP contribution in [0.1, 0.15) is 42.9 Å². The molecule has 116 valence electrons. The van der Waals surface area contributed by atoms with Crippen LogP contribution in [0.2, 0.25) is 5.02 Å². The van der Waals surface area contributed by atoms with Crippen molar-refractivity contribution in [3.63, 3.8) is 0 Å². The predicted molar refractivity (Wildman–Crippen MR) is 85.3 cm³/mol. The zero-order valence-corrected chi connectivity index (χ0v) is 13.4. The van der Waals surface area contributed by atoms with E-state index in [9.17, 15) is 4.39 Å². The Morgan fingerprint density at radius 3 is 2.57 bits per heavy atom. The summed E-state index contributed by atoms with van der Waals surface area (Å²) < 4.78 is 14.8. The van der Waals surface area contributed by atoms with Crippen molar-refractivity contribution in [3.05, 3.63) is 34.1 Å². The molecule has 0 amide bonds. The highest BCUT2D eigenvalue weighted by molar-refractivity contribution is 6.31. The number of aryl methyl sites for hydroxylation is 1. The molecule has 1 aromatic rings. The average molecular weight is 311 g/mol. The van der Waals surface area contributed by atoms with Gasteiger partial charge >= 0.3 is 0 Å². The van der Waals surface area contributed by atoms with Crippen molar-refractivity contribution in [3.8, 4) is 0 Å². The fourth-order valence-corrected chi connectivity index (χ4v) is 4.16. The summed E-state index contributed by atoms with van der Waals surface area (Å²) in [5.74, 6) is 0.440. The number of rotatable bonds is 3. The van der Waals surface area contributed by atoms with Gasteiger partial charge in [0.25, 0.3) is 0 Å². The molecule has 0 unspecified atom stereocenters. The molecule has 0 aromatic heterocycles. The van der Waals surface area contributed by atoms with Gasteiger partial charge in [0.1, 0.15) is 5.82 Å². The second kappa shape index (κ2) is 6.64. The Morgan fingerprint density at radius 1 is 1.24 bits per heavy atom. The van der Waals surface area contributed by atoms with Gasteiger partial charge in [-0.1, -0.05) is 30.5 Å². The molecule has 2 nitrogen and oxygen atoms in total. The Hall–Kier alpha value is -0.640. The first-order valence-electron chi connectivity index (χ1n) is 8.07. The SMILES string of the molecule is Cc1ccc(Cl)c([C@H](C2CCCC2)N2CCNCC2)c1F. The summed E-state index contributed by atoms with van der Waals surface area (Å²) >= 11 is 6.41. The van der Waals surface area contributed by atoms with Gasteiger partial charge in [-0.15, -0.1) is 0 Å². The molecule has 2 aliphatic rings. The van der Waals surface area contributed by atoms with E-state index in [2.05, 4.69) is 10.2 Å². The summed E-state index contributed by atoms with van der Waals surface area (Å²) in [6, 6.07) is 3.78.